The first-order chi connectivity index (χ1) is 11.5. The Bertz CT molecular complexity index is 868. The molecule has 122 valence electrons. The number of nitrogens with one attached hydrogen (secondary N) is 1. The molecule has 0 saturated heterocycles. The van der Waals surface area contributed by atoms with E-state index in [9.17, 15) is 4.79 Å². The summed E-state index contributed by atoms with van der Waals surface area (Å²) in [6, 6.07) is 11.8. The van der Waals surface area contributed by atoms with Crippen molar-refractivity contribution < 1.29 is 4.79 Å². The van der Waals surface area contributed by atoms with Crippen LogP contribution in [-0.4, -0.2) is 20.7 Å². The zero-order chi connectivity index (χ0) is 17.1. The lowest BCUT2D eigenvalue weighted by molar-refractivity contribution is 0.102. The first-order valence-electron chi connectivity index (χ1n) is 7.85. The number of anilines is 1. The smallest absolute Gasteiger partial charge is 0.257 e. The van der Waals surface area contributed by atoms with Gasteiger partial charge in [-0.25, -0.2) is 0 Å². The summed E-state index contributed by atoms with van der Waals surface area (Å²) in [5.74, 6) is -0.176. The first kappa shape index (κ1) is 15.9. The number of rotatable bonds is 4. The Kier molecular flexibility index (Phi) is 4.42. The van der Waals surface area contributed by atoms with Crippen LogP contribution in [0.1, 0.15) is 32.9 Å². The number of benzene rings is 1. The number of nitrogens with zero attached hydrogens (tertiary/aromatic N) is 3. The van der Waals surface area contributed by atoms with Crippen LogP contribution in [0, 0.1) is 20.8 Å². The minimum atomic E-state index is -0.176. The molecule has 0 bridgehead atoms. The summed E-state index contributed by atoms with van der Waals surface area (Å²) in [6.45, 7) is 6.62. The second-order valence-electron chi connectivity index (χ2n) is 5.89. The largest absolute Gasteiger partial charge is 0.319 e. The average Bonchev–Trinajstić information content (AvgIpc) is 2.83. The Balaban J connectivity index is 1.83. The van der Waals surface area contributed by atoms with E-state index in [0.29, 0.717) is 12.1 Å². The quantitative estimate of drug-likeness (QED) is 0.800. The molecule has 0 spiro atoms. The van der Waals surface area contributed by atoms with Gasteiger partial charge in [0.1, 0.15) is 0 Å². The van der Waals surface area contributed by atoms with E-state index in [2.05, 4.69) is 40.5 Å². The van der Waals surface area contributed by atoms with Crippen molar-refractivity contribution in [3.8, 4) is 0 Å². The van der Waals surface area contributed by atoms with Gasteiger partial charge in [-0.3, -0.25) is 14.5 Å². The topological polar surface area (TPSA) is 59.8 Å². The third-order valence-electron chi connectivity index (χ3n) is 3.96. The summed E-state index contributed by atoms with van der Waals surface area (Å²) in [7, 11) is 0. The monoisotopic (exact) mass is 320 g/mol. The lowest BCUT2D eigenvalue weighted by Crippen LogP contribution is -2.13. The number of carbonyl (C=O) groups excluding carboxylic acids is 1. The van der Waals surface area contributed by atoms with Crippen LogP contribution in [0.3, 0.4) is 0 Å². The fourth-order valence-corrected chi connectivity index (χ4v) is 2.70. The summed E-state index contributed by atoms with van der Waals surface area (Å²) in [5, 5.41) is 7.52. The molecule has 2 heterocycles. The van der Waals surface area contributed by atoms with Crippen molar-refractivity contribution in [1.29, 1.82) is 0 Å². The van der Waals surface area contributed by atoms with E-state index >= 15 is 0 Å². The Hall–Kier alpha value is -2.95. The first-order valence-corrected chi connectivity index (χ1v) is 7.85. The molecule has 0 aliphatic rings. The fourth-order valence-electron chi connectivity index (χ4n) is 2.70. The minimum Gasteiger partial charge on any atom is -0.319 e. The molecule has 1 N–H and O–H groups in total. The van der Waals surface area contributed by atoms with Gasteiger partial charge < -0.3 is 5.32 Å². The van der Waals surface area contributed by atoms with E-state index in [-0.39, 0.29) is 5.91 Å². The van der Waals surface area contributed by atoms with E-state index < -0.39 is 0 Å². The third-order valence-corrected chi connectivity index (χ3v) is 3.96. The third kappa shape index (κ3) is 3.35. The van der Waals surface area contributed by atoms with Crippen LogP contribution in [0.4, 0.5) is 5.69 Å². The number of aromatic nitrogens is 3. The van der Waals surface area contributed by atoms with Gasteiger partial charge in [0.25, 0.3) is 5.91 Å². The molecule has 3 rings (SSSR count). The van der Waals surface area contributed by atoms with Crippen LogP contribution < -0.4 is 5.32 Å². The van der Waals surface area contributed by atoms with Crippen LogP contribution in [0.25, 0.3) is 0 Å². The molecule has 1 aromatic carbocycles. The van der Waals surface area contributed by atoms with E-state index in [1.54, 1.807) is 24.5 Å². The van der Waals surface area contributed by atoms with Gasteiger partial charge in [-0.2, -0.15) is 5.10 Å². The lowest BCUT2D eigenvalue weighted by atomic mass is 10.1. The van der Waals surface area contributed by atoms with Crippen LogP contribution in [0.15, 0.2) is 48.8 Å². The number of pyridine rings is 1. The highest BCUT2D eigenvalue weighted by Gasteiger charge is 2.15. The number of carbonyl (C=O) groups is 1. The Morgan fingerprint density at radius 3 is 2.71 bits per heavy atom. The summed E-state index contributed by atoms with van der Waals surface area (Å²) >= 11 is 0. The van der Waals surface area contributed by atoms with Crippen LogP contribution in [-0.2, 0) is 6.54 Å². The molecule has 2 aromatic heterocycles. The summed E-state index contributed by atoms with van der Waals surface area (Å²) in [4.78, 5) is 16.3. The summed E-state index contributed by atoms with van der Waals surface area (Å²) in [6.07, 6.45) is 3.20. The second-order valence-corrected chi connectivity index (χ2v) is 5.89. The standard InChI is InChI=1S/C19H20N4O/c1-13-6-4-7-16(10-13)12-23-15(3)18(14(2)22-23)21-19(24)17-8-5-9-20-11-17/h4-11H,12H2,1-3H3,(H,21,24). The van der Waals surface area contributed by atoms with Crippen molar-refractivity contribution in [2.75, 3.05) is 5.32 Å². The van der Waals surface area contributed by atoms with Crippen molar-refractivity contribution in [3.05, 3.63) is 76.9 Å². The van der Waals surface area contributed by atoms with Gasteiger partial charge in [-0.1, -0.05) is 29.8 Å². The maximum Gasteiger partial charge on any atom is 0.257 e. The molecule has 1 amide bonds. The number of amides is 1. The highest BCUT2D eigenvalue weighted by atomic mass is 16.1. The molecule has 24 heavy (non-hydrogen) atoms. The predicted molar refractivity (Wildman–Crippen MR) is 94.2 cm³/mol. The second kappa shape index (κ2) is 6.66. The fraction of sp³-hybridized carbons (Fsp3) is 0.211. The van der Waals surface area contributed by atoms with Gasteiger partial charge in [-0.15, -0.1) is 0 Å². The normalized spacial score (nSPS) is 10.6. The highest BCUT2D eigenvalue weighted by molar-refractivity contribution is 6.04. The van der Waals surface area contributed by atoms with Crippen molar-refractivity contribution in [2.45, 2.75) is 27.3 Å². The Labute approximate surface area is 141 Å². The zero-order valence-corrected chi connectivity index (χ0v) is 14.1. The lowest BCUT2D eigenvalue weighted by Gasteiger charge is -2.08. The molecular formula is C19H20N4O. The number of hydrogen-bond acceptors (Lipinski definition) is 3. The predicted octanol–water partition coefficient (Wildman–Crippen LogP) is 3.50. The van der Waals surface area contributed by atoms with Gasteiger partial charge in [0.05, 0.1) is 29.2 Å². The zero-order valence-electron chi connectivity index (χ0n) is 14.1. The van der Waals surface area contributed by atoms with Crippen molar-refractivity contribution in [1.82, 2.24) is 14.8 Å². The van der Waals surface area contributed by atoms with Crippen molar-refractivity contribution >= 4 is 11.6 Å². The number of aryl methyl sites for hydroxylation is 2. The molecule has 0 unspecified atom stereocenters. The van der Waals surface area contributed by atoms with Gasteiger partial charge >= 0.3 is 0 Å². The summed E-state index contributed by atoms with van der Waals surface area (Å²) in [5.41, 5.74) is 5.44. The van der Waals surface area contributed by atoms with Crippen LogP contribution in [0.5, 0.6) is 0 Å². The van der Waals surface area contributed by atoms with E-state index in [1.165, 1.54) is 11.1 Å². The minimum absolute atomic E-state index is 0.176. The molecule has 3 aromatic rings. The molecular weight excluding hydrogens is 300 g/mol. The highest BCUT2D eigenvalue weighted by Crippen LogP contribution is 2.21. The molecule has 0 fully saturated rings. The van der Waals surface area contributed by atoms with Gasteiger partial charge in [0, 0.05) is 12.4 Å². The molecule has 5 nitrogen and oxygen atoms in total. The average molecular weight is 320 g/mol. The van der Waals surface area contributed by atoms with Crippen molar-refractivity contribution in [3.63, 3.8) is 0 Å². The Morgan fingerprint density at radius 1 is 1.17 bits per heavy atom. The maximum atomic E-state index is 12.3. The van der Waals surface area contributed by atoms with E-state index in [4.69, 9.17) is 0 Å². The van der Waals surface area contributed by atoms with Crippen LogP contribution in [0.2, 0.25) is 0 Å². The molecule has 0 aliphatic heterocycles. The summed E-state index contributed by atoms with van der Waals surface area (Å²) < 4.78 is 1.92. The van der Waals surface area contributed by atoms with Gasteiger partial charge in [-0.05, 0) is 38.5 Å². The van der Waals surface area contributed by atoms with Crippen molar-refractivity contribution in [2.24, 2.45) is 0 Å². The Morgan fingerprint density at radius 2 is 2.00 bits per heavy atom. The molecule has 0 aliphatic carbocycles. The molecule has 0 saturated carbocycles. The SMILES string of the molecule is Cc1cccc(Cn2nc(C)c(NC(=O)c3cccnc3)c2C)c1. The molecule has 0 radical (unpaired) electrons. The molecule has 0 atom stereocenters. The maximum absolute atomic E-state index is 12.3. The van der Waals surface area contributed by atoms with E-state index in [1.807, 2.05) is 24.6 Å². The molecule has 5 heteroatoms. The van der Waals surface area contributed by atoms with Gasteiger partial charge in [0.2, 0.25) is 0 Å². The van der Waals surface area contributed by atoms with Gasteiger partial charge in [0.15, 0.2) is 0 Å². The number of hydrogen-bond donors (Lipinski definition) is 1. The van der Waals surface area contributed by atoms with Crippen LogP contribution >= 0.6 is 0 Å². The van der Waals surface area contributed by atoms with E-state index in [0.717, 1.165) is 17.1 Å².